The van der Waals surface area contributed by atoms with Crippen molar-refractivity contribution in [1.82, 2.24) is 53.2 Å². The lowest BCUT2D eigenvalue weighted by Gasteiger charge is -2.48. The van der Waals surface area contributed by atoms with Crippen LogP contribution in [0.5, 0.6) is 46.0 Å². The second-order valence-corrected chi connectivity index (χ2v) is 36.3. The normalized spacial score (nSPS) is 28.3. The number of carbonyl (C=O) groups excluding carboxylic acids is 9. The number of fused-ring (bicyclic) bond motifs is 15. The van der Waals surface area contributed by atoms with Crippen LogP contribution in [0.2, 0.25) is 15.1 Å². The number of aliphatic hydroxyl groups is 7. The van der Waals surface area contributed by atoms with E-state index in [2.05, 4.69) is 53.2 Å². The smallest absolute Gasteiger partial charge is 0.333 e. The van der Waals surface area contributed by atoms with Gasteiger partial charge in [0.15, 0.2) is 42.8 Å². The number of phenols is 3. The van der Waals surface area contributed by atoms with Gasteiger partial charge in [0.25, 0.3) is 5.91 Å². The van der Waals surface area contributed by atoms with Crippen LogP contribution in [0.15, 0.2) is 127 Å². The molecule has 3 saturated heterocycles. The standard InChI is InChI=1S/C93H112Cl3N13O28/c1-41(111)27-57(100-6)84(122)108-74-76(117)48-16-21-61(55(95)29-48)132-63-31-50-32-64(80(63)137-91-81(78(119)77(118)65(39-110)134-91)136-69-37-93(5,83(121)43(3)131-69)103-38-44-9-11-45(12-10-44)46-13-18-51(94)19-14-46)133-62-22-17-49(30-56(62)96)79(135-68-36-92(4,99)82(120)42(2)130-68)75-89(127)107-73(90(128)129-40-67(116)102-26-8-25-101-24-7-23-97)54-33-52(112)34-60(114)70(54)53-28-47(15-20-59(53)113)71(86(124)109-75)106-87(125)72(50)105-85(123)58(35-66(98)115)104-88(74)126/h9-22,28-34,41-43,57-58,65,68-69,71-79,81-83,91,100-101,103,110-114,117-121H,7-8,23-27,35-40,97,99H2,1-6H3,(H2,98,115)(H,102,116)(H,104,126)(H,105,123)(H,106,125)(H,107,127)(H,108,122)(H,109,124). The van der Waals surface area contributed by atoms with Crippen molar-refractivity contribution >= 4 is 88.0 Å². The van der Waals surface area contributed by atoms with E-state index in [4.69, 9.17) is 94.6 Å². The van der Waals surface area contributed by atoms with Crippen molar-refractivity contribution in [1.29, 1.82) is 0 Å². The monoisotopic (exact) mass is 1960 g/mol. The molecule has 8 amide bonds. The van der Waals surface area contributed by atoms with Crippen molar-refractivity contribution < 1.29 is 137 Å². The van der Waals surface area contributed by atoms with Crippen LogP contribution in [-0.2, 0) is 78.1 Å². The third-order valence-electron chi connectivity index (χ3n) is 24.5. The fourth-order valence-corrected chi connectivity index (χ4v) is 17.7. The summed E-state index contributed by atoms with van der Waals surface area (Å²) in [7, 11) is 1.36. The summed E-state index contributed by atoms with van der Waals surface area (Å²) in [6.45, 7) is 7.31. The van der Waals surface area contributed by atoms with Gasteiger partial charge in [-0.25, -0.2) is 4.79 Å². The minimum atomic E-state index is -2.45. The number of phenolic OH excluding ortho intramolecular Hbond substituents is 3. The van der Waals surface area contributed by atoms with Gasteiger partial charge in [0, 0.05) is 64.8 Å². The number of aromatic hydroxyl groups is 3. The Morgan fingerprint density at radius 3 is 1.89 bits per heavy atom. The summed E-state index contributed by atoms with van der Waals surface area (Å²) in [5, 5.41) is 144. The van der Waals surface area contributed by atoms with Gasteiger partial charge in [-0.3, -0.25) is 38.4 Å². The van der Waals surface area contributed by atoms with Crippen molar-refractivity contribution in [2.45, 2.75) is 219 Å². The van der Waals surface area contributed by atoms with Gasteiger partial charge >= 0.3 is 5.97 Å². The maximum absolute atomic E-state index is 16.8. The molecule has 44 heteroatoms. The molecule has 0 spiro atoms. The number of aliphatic hydroxyl groups excluding tert-OH is 7. The number of rotatable bonds is 28. The summed E-state index contributed by atoms with van der Waals surface area (Å²) in [5.41, 5.74) is 15.1. The number of nitrogens with two attached hydrogens (primary N) is 3. The highest BCUT2D eigenvalue weighted by molar-refractivity contribution is 6.32. The molecule has 23 atom stereocenters. The number of esters is 1. The van der Waals surface area contributed by atoms with Crippen LogP contribution in [0.1, 0.15) is 137 Å². The number of halogens is 3. The van der Waals surface area contributed by atoms with Crippen LogP contribution >= 0.6 is 34.8 Å². The molecule has 8 aliphatic heterocycles. The third-order valence-corrected chi connectivity index (χ3v) is 25.4. The fourth-order valence-electron chi connectivity index (χ4n) is 17.1. The zero-order chi connectivity index (χ0) is 98.9. The summed E-state index contributed by atoms with van der Waals surface area (Å²) in [6.07, 6.45) is -24.0. The number of carbonyl (C=O) groups is 9. The average Bonchev–Trinajstić information content (AvgIpc) is 0.759. The lowest BCUT2D eigenvalue weighted by atomic mass is 9.84. The summed E-state index contributed by atoms with van der Waals surface area (Å²) in [5.74, 6) is -17.1. The fraction of sp³-hybridized carbons (Fsp3) is 0.452. The highest BCUT2D eigenvalue weighted by Gasteiger charge is 2.53. The number of benzene rings is 7. The van der Waals surface area contributed by atoms with Crippen LogP contribution in [-0.4, -0.2) is 260 Å². The SMILES string of the molecule is CNC(CC(C)O)C(=O)NC1C(=O)NC(CC(N)=O)C(=O)NC2C(=O)NC3C(=O)NC(C(=O)NC(C(=O)OCC(=O)NCCCNCCCN)c4cc(O)cc(O)c4-c4cc3ccc4O)C(OC3CC(C)(N)C(O)C(C)O3)c3ccc(c(Cl)c3)Oc3cc2cc(c3OC2OC(CO)C(O)C(O)C2OC2CC(C)(NCc3ccc(-c4ccc(Cl)cc4)cc3)C(O)C(C)O2)Oc2ccc(cc2Cl)C1O. The highest BCUT2D eigenvalue weighted by atomic mass is 35.5. The van der Waals surface area contributed by atoms with Gasteiger partial charge < -0.3 is 164 Å². The van der Waals surface area contributed by atoms with Gasteiger partial charge in [-0.15, -0.1) is 0 Å². The van der Waals surface area contributed by atoms with E-state index in [9.17, 15) is 65.4 Å². The number of primary amides is 1. The Balaban J connectivity index is 1.01. The van der Waals surface area contributed by atoms with E-state index in [-0.39, 0.29) is 43.5 Å². The molecule has 738 valence electrons. The van der Waals surface area contributed by atoms with E-state index < -0.39 is 296 Å². The Labute approximate surface area is 800 Å². The lowest BCUT2D eigenvalue weighted by Crippen LogP contribution is -2.65. The summed E-state index contributed by atoms with van der Waals surface area (Å²) in [4.78, 5) is 137. The van der Waals surface area contributed by atoms with Crippen LogP contribution < -0.4 is 84.6 Å². The lowest BCUT2D eigenvalue weighted by molar-refractivity contribution is -0.334. The summed E-state index contributed by atoms with van der Waals surface area (Å²) >= 11 is 21.0. The van der Waals surface area contributed by atoms with E-state index in [0.717, 1.165) is 65.2 Å². The number of hydrogen-bond donors (Lipinski definition) is 23. The van der Waals surface area contributed by atoms with Gasteiger partial charge in [0.1, 0.15) is 89.5 Å². The van der Waals surface area contributed by atoms with Crippen LogP contribution in [0.3, 0.4) is 0 Å². The topological polar surface area (TPSA) is 637 Å². The molecule has 0 aromatic heterocycles. The number of amides is 8. The Hall–Kier alpha value is -11.2. The molecule has 7 aromatic rings. The van der Waals surface area contributed by atoms with Crippen molar-refractivity contribution in [3.63, 3.8) is 0 Å². The number of hydrogen-bond acceptors (Lipinski definition) is 33. The second-order valence-electron chi connectivity index (χ2n) is 35.0. The molecule has 0 radical (unpaired) electrons. The Morgan fingerprint density at radius 2 is 1.26 bits per heavy atom. The first-order valence-electron chi connectivity index (χ1n) is 44.3. The molecule has 0 aliphatic carbocycles. The van der Waals surface area contributed by atoms with E-state index in [1.807, 2.05) is 36.4 Å². The first-order valence-corrected chi connectivity index (χ1v) is 45.4. The predicted molar refractivity (Wildman–Crippen MR) is 490 cm³/mol. The molecule has 8 heterocycles. The van der Waals surface area contributed by atoms with E-state index in [1.54, 1.807) is 26.0 Å². The van der Waals surface area contributed by atoms with Gasteiger partial charge in [-0.1, -0.05) is 89.4 Å². The molecule has 11 bridgehead atoms. The molecule has 8 aliphatic rings. The van der Waals surface area contributed by atoms with Crippen molar-refractivity contribution in [3.05, 3.63) is 176 Å². The zero-order valence-electron chi connectivity index (χ0n) is 75.1. The Morgan fingerprint density at radius 1 is 0.642 bits per heavy atom. The molecule has 3 fully saturated rings. The quantitative estimate of drug-likeness (QED) is 0.0247. The van der Waals surface area contributed by atoms with Gasteiger partial charge in [0.05, 0.1) is 59.6 Å². The number of ether oxygens (including phenoxy) is 9. The zero-order valence-corrected chi connectivity index (χ0v) is 77.4. The summed E-state index contributed by atoms with van der Waals surface area (Å²) in [6, 6.07) is 13.8. The summed E-state index contributed by atoms with van der Waals surface area (Å²) < 4.78 is 58.9. The molecule has 23 unspecified atom stereocenters. The molecule has 26 N–H and O–H groups in total. The molecule has 15 rings (SSSR count). The molecular formula is C93H112Cl3N13O28. The van der Waals surface area contributed by atoms with E-state index in [1.165, 1.54) is 58.2 Å². The van der Waals surface area contributed by atoms with Gasteiger partial charge in [0.2, 0.25) is 53.4 Å². The predicted octanol–water partition coefficient (Wildman–Crippen LogP) is 2.12. The molecule has 0 saturated carbocycles. The van der Waals surface area contributed by atoms with Crippen LogP contribution in [0, 0.1) is 0 Å². The Bertz CT molecular complexity index is 5580. The van der Waals surface area contributed by atoms with Gasteiger partial charge in [-0.05, 0) is 186 Å². The van der Waals surface area contributed by atoms with Crippen molar-refractivity contribution in [2.75, 3.05) is 46.4 Å². The van der Waals surface area contributed by atoms with Crippen molar-refractivity contribution in [2.24, 2.45) is 17.2 Å². The number of nitrogens with one attached hydrogen (secondary N) is 10. The van der Waals surface area contributed by atoms with Crippen LogP contribution in [0.4, 0.5) is 0 Å². The second kappa shape index (κ2) is 44.7. The third kappa shape index (κ3) is 24.4. The first-order chi connectivity index (χ1) is 65.1. The van der Waals surface area contributed by atoms with E-state index >= 15 is 28.8 Å². The van der Waals surface area contributed by atoms with E-state index in [0.29, 0.717) is 37.5 Å². The molecule has 7 aromatic carbocycles. The minimum absolute atomic E-state index is 0.0864. The van der Waals surface area contributed by atoms with Gasteiger partial charge in [-0.2, -0.15) is 0 Å². The van der Waals surface area contributed by atoms with Crippen molar-refractivity contribution in [3.8, 4) is 68.2 Å². The maximum Gasteiger partial charge on any atom is 0.333 e. The molecule has 137 heavy (non-hydrogen) atoms. The highest BCUT2D eigenvalue weighted by Crippen LogP contribution is 2.51. The largest absolute Gasteiger partial charge is 0.508 e. The minimum Gasteiger partial charge on any atom is -0.508 e. The number of likely N-dealkylation sites (N-methyl/N-ethyl adjacent to an activating group) is 1. The maximum atomic E-state index is 16.8. The van der Waals surface area contributed by atoms with Crippen LogP contribution in [0.25, 0.3) is 22.3 Å². The molecule has 41 nitrogen and oxygen atoms in total. The first kappa shape index (κ1) is 103. The Kier molecular flexibility index (Phi) is 33.7. The molecular weight excluding hydrogens is 1850 g/mol. The average molecular weight is 1970 g/mol.